The predicted molar refractivity (Wildman–Crippen MR) is 85.8 cm³/mol. The van der Waals surface area contributed by atoms with Gasteiger partial charge in [0.15, 0.2) is 5.75 Å². The van der Waals surface area contributed by atoms with Crippen molar-refractivity contribution in [1.82, 2.24) is 4.57 Å². The first-order chi connectivity index (χ1) is 11.8. The number of benzene rings is 1. The molecule has 0 saturated heterocycles. The minimum Gasteiger partial charge on any atom is -0.483 e. The number of carboxylic acid groups (broad SMARTS) is 1. The van der Waals surface area contributed by atoms with Crippen molar-refractivity contribution in [3.05, 3.63) is 64.1 Å². The molecule has 1 aromatic heterocycles. The fourth-order valence-corrected chi connectivity index (χ4v) is 1.91. The number of hydrogen-bond donors (Lipinski definition) is 1. The number of aromatic carboxylic acids is 1. The van der Waals surface area contributed by atoms with Gasteiger partial charge in [0.05, 0.1) is 6.20 Å². The van der Waals surface area contributed by atoms with Crippen LogP contribution in [0.4, 0.5) is 13.2 Å². The van der Waals surface area contributed by atoms with E-state index in [4.69, 9.17) is 9.84 Å². The van der Waals surface area contributed by atoms with Crippen molar-refractivity contribution in [3.8, 4) is 5.75 Å². The Morgan fingerprint density at radius 1 is 1.20 bits per heavy atom. The zero-order chi connectivity index (χ0) is 19.0. The molecular weight excluding hydrogens is 339 g/mol. The molecule has 0 atom stereocenters. The third kappa shape index (κ3) is 6.33. The highest BCUT2D eigenvalue weighted by Gasteiger charge is 2.30. The Morgan fingerprint density at radius 2 is 1.80 bits per heavy atom. The highest BCUT2D eigenvalue weighted by molar-refractivity contribution is 5.85. The first kappa shape index (κ1) is 20.3. The molecule has 0 saturated carbocycles. The summed E-state index contributed by atoms with van der Waals surface area (Å²) in [5.41, 5.74) is -0.826. The number of carbonyl (C=O) groups is 1. The molecular formula is C17H18F3NO4. The molecule has 0 amide bonds. The zero-order valence-corrected chi connectivity index (χ0v) is 13.7. The van der Waals surface area contributed by atoms with Crippen molar-refractivity contribution in [1.29, 1.82) is 0 Å². The van der Waals surface area contributed by atoms with Gasteiger partial charge in [-0.05, 0) is 5.56 Å². The third-order valence-corrected chi connectivity index (χ3v) is 2.90. The highest BCUT2D eigenvalue weighted by atomic mass is 19.4. The van der Waals surface area contributed by atoms with Gasteiger partial charge < -0.3 is 14.4 Å². The number of ether oxygens (including phenoxy) is 1. The topological polar surface area (TPSA) is 68.5 Å². The summed E-state index contributed by atoms with van der Waals surface area (Å²) in [7, 11) is 0. The standard InChI is InChI=1S/C15H12F3NO4.C2H6/c16-15(17,18)9-19-7-13(12(20)6-11(19)14(21)22)23-8-10-4-2-1-3-5-10;1-2/h1-7H,8-9H2,(H,21,22);1-2H3. The first-order valence-electron chi connectivity index (χ1n) is 7.47. The lowest BCUT2D eigenvalue weighted by Gasteiger charge is -2.15. The van der Waals surface area contributed by atoms with E-state index in [1.54, 1.807) is 30.3 Å². The van der Waals surface area contributed by atoms with Crippen molar-refractivity contribution < 1.29 is 27.8 Å². The van der Waals surface area contributed by atoms with Gasteiger partial charge in [-0.25, -0.2) is 4.79 Å². The molecule has 1 N–H and O–H groups in total. The normalized spacial score (nSPS) is 10.6. The second-order valence-electron chi connectivity index (χ2n) is 4.71. The molecule has 0 bridgehead atoms. The number of hydrogen-bond acceptors (Lipinski definition) is 3. The van der Waals surface area contributed by atoms with Gasteiger partial charge in [0.2, 0.25) is 5.43 Å². The van der Waals surface area contributed by atoms with Crippen LogP contribution in [-0.4, -0.2) is 21.8 Å². The summed E-state index contributed by atoms with van der Waals surface area (Å²) in [4.78, 5) is 22.8. The van der Waals surface area contributed by atoms with Gasteiger partial charge in [-0.15, -0.1) is 0 Å². The zero-order valence-electron chi connectivity index (χ0n) is 13.7. The number of alkyl halides is 3. The van der Waals surface area contributed by atoms with E-state index in [-0.39, 0.29) is 12.4 Å². The minimum absolute atomic E-state index is 0.0193. The van der Waals surface area contributed by atoms with Gasteiger partial charge in [-0.1, -0.05) is 44.2 Å². The van der Waals surface area contributed by atoms with Crippen LogP contribution in [0.25, 0.3) is 0 Å². The quantitative estimate of drug-likeness (QED) is 0.886. The average Bonchev–Trinajstić information content (AvgIpc) is 2.56. The predicted octanol–water partition coefficient (Wildman–Crippen LogP) is 3.71. The summed E-state index contributed by atoms with van der Waals surface area (Å²) in [5, 5.41) is 8.92. The Bertz CT molecular complexity index is 755. The van der Waals surface area contributed by atoms with Gasteiger partial charge in [-0.2, -0.15) is 13.2 Å². The molecule has 2 aromatic rings. The van der Waals surface area contributed by atoms with Crippen LogP contribution in [-0.2, 0) is 13.2 Å². The first-order valence-corrected chi connectivity index (χ1v) is 7.47. The van der Waals surface area contributed by atoms with Crippen LogP contribution >= 0.6 is 0 Å². The monoisotopic (exact) mass is 357 g/mol. The van der Waals surface area contributed by atoms with Crippen molar-refractivity contribution in [2.24, 2.45) is 0 Å². The van der Waals surface area contributed by atoms with Crippen LogP contribution < -0.4 is 10.2 Å². The molecule has 5 nitrogen and oxygen atoms in total. The fraction of sp³-hybridized carbons (Fsp3) is 0.294. The Kier molecular flexibility index (Phi) is 7.22. The Labute approximate surface area is 142 Å². The Hall–Kier alpha value is -2.77. The van der Waals surface area contributed by atoms with Crippen LogP contribution in [0.1, 0.15) is 29.9 Å². The molecule has 0 radical (unpaired) electrons. The summed E-state index contributed by atoms with van der Waals surface area (Å²) >= 11 is 0. The molecule has 25 heavy (non-hydrogen) atoms. The fourth-order valence-electron chi connectivity index (χ4n) is 1.91. The van der Waals surface area contributed by atoms with E-state index in [0.29, 0.717) is 10.6 Å². The van der Waals surface area contributed by atoms with E-state index < -0.39 is 29.8 Å². The molecule has 0 fully saturated rings. The van der Waals surface area contributed by atoms with Crippen LogP contribution in [0.3, 0.4) is 0 Å². The maximum Gasteiger partial charge on any atom is 0.406 e. The van der Waals surface area contributed by atoms with E-state index in [9.17, 15) is 22.8 Å². The van der Waals surface area contributed by atoms with Crippen molar-refractivity contribution in [2.45, 2.75) is 33.2 Å². The molecule has 1 aromatic carbocycles. The van der Waals surface area contributed by atoms with E-state index in [1.165, 1.54) is 0 Å². The van der Waals surface area contributed by atoms with Crippen LogP contribution in [0, 0.1) is 0 Å². The summed E-state index contributed by atoms with van der Waals surface area (Å²) in [6.45, 7) is 2.45. The van der Waals surface area contributed by atoms with Crippen molar-refractivity contribution in [2.75, 3.05) is 0 Å². The van der Waals surface area contributed by atoms with E-state index in [1.807, 2.05) is 13.8 Å². The molecule has 0 aliphatic heterocycles. The summed E-state index contributed by atoms with van der Waals surface area (Å²) in [5.74, 6) is -1.97. The van der Waals surface area contributed by atoms with E-state index in [0.717, 1.165) is 11.8 Å². The van der Waals surface area contributed by atoms with E-state index >= 15 is 0 Å². The lowest BCUT2D eigenvalue weighted by Crippen LogP contribution is -2.25. The highest BCUT2D eigenvalue weighted by Crippen LogP contribution is 2.20. The summed E-state index contributed by atoms with van der Waals surface area (Å²) < 4.78 is 43.3. The van der Waals surface area contributed by atoms with Crippen molar-refractivity contribution >= 4 is 5.97 Å². The van der Waals surface area contributed by atoms with Gasteiger partial charge in [-0.3, -0.25) is 4.79 Å². The molecule has 1 heterocycles. The van der Waals surface area contributed by atoms with Gasteiger partial charge in [0, 0.05) is 6.07 Å². The number of nitrogens with zero attached hydrogens (tertiary/aromatic N) is 1. The molecule has 0 aliphatic rings. The summed E-state index contributed by atoms with van der Waals surface area (Å²) in [6, 6.07) is 9.33. The molecule has 0 spiro atoms. The third-order valence-electron chi connectivity index (χ3n) is 2.90. The SMILES string of the molecule is CC.O=C(O)c1cc(=O)c(OCc2ccccc2)cn1CC(F)(F)F. The van der Waals surface area contributed by atoms with Crippen LogP contribution in [0.2, 0.25) is 0 Å². The van der Waals surface area contributed by atoms with Crippen molar-refractivity contribution in [3.63, 3.8) is 0 Å². The van der Waals surface area contributed by atoms with Gasteiger partial charge in [0.25, 0.3) is 0 Å². The number of pyridine rings is 1. The molecule has 0 aliphatic carbocycles. The molecule has 2 rings (SSSR count). The molecule has 8 heteroatoms. The molecule has 0 unspecified atom stereocenters. The van der Waals surface area contributed by atoms with Gasteiger partial charge in [0.1, 0.15) is 18.8 Å². The number of halogens is 3. The second-order valence-corrected chi connectivity index (χ2v) is 4.71. The summed E-state index contributed by atoms with van der Waals surface area (Å²) in [6.07, 6.45) is -3.86. The lowest BCUT2D eigenvalue weighted by molar-refractivity contribution is -0.140. The average molecular weight is 357 g/mol. The lowest BCUT2D eigenvalue weighted by atomic mass is 10.2. The maximum absolute atomic E-state index is 12.5. The largest absolute Gasteiger partial charge is 0.483 e. The number of aromatic nitrogens is 1. The second kappa shape index (κ2) is 8.91. The minimum atomic E-state index is -4.63. The maximum atomic E-state index is 12.5. The Balaban J connectivity index is 0.00000151. The van der Waals surface area contributed by atoms with Gasteiger partial charge >= 0.3 is 12.1 Å². The van der Waals surface area contributed by atoms with Crippen LogP contribution in [0.15, 0.2) is 47.4 Å². The molecule has 136 valence electrons. The van der Waals surface area contributed by atoms with E-state index in [2.05, 4.69) is 0 Å². The number of carboxylic acids is 1. The van der Waals surface area contributed by atoms with Crippen LogP contribution in [0.5, 0.6) is 5.75 Å². The Morgan fingerprint density at radius 3 is 2.32 bits per heavy atom. The smallest absolute Gasteiger partial charge is 0.406 e. The number of rotatable bonds is 5.